The minimum Gasteiger partial charge on any atom is -0.494 e. The zero-order chi connectivity index (χ0) is 15.0. The van der Waals surface area contributed by atoms with Gasteiger partial charge in [-0.2, -0.15) is 5.26 Å². The van der Waals surface area contributed by atoms with Crippen LogP contribution >= 0.6 is 0 Å². The quantitative estimate of drug-likeness (QED) is 0.733. The normalized spacial score (nSPS) is 13.8. The van der Waals surface area contributed by atoms with Crippen molar-refractivity contribution >= 4 is 0 Å². The van der Waals surface area contributed by atoms with E-state index in [0.29, 0.717) is 12.6 Å². The molecule has 0 aliphatic heterocycles. The zero-order valence-corrected chi connectivity index (χ0v) is 13.1. The summed E-state index contributed by atoms with van der Waals surface area (Å²) in [5.41, 5.74) is 0.776. The van der Waals surface area contributed by atoms with Gasteiger partial charge in [-0.15, -0.1) is 0 Å². The first-order valence-corrected chi connectivity index (χ1v) is 7.33. The van der Waals surface area contributed by atoms with Gasteiger partial charge in [0, 0.05) is 6.04 Å². The Bertz CT molecular complexity index is 451. The number of hydrogen-bond donors (Lipinski definition) is 1. The monoisotopic (exact) mass is 274 g/mol. The second-order valence-corrected chi connectivity index (χ2v) is 5.87. The largest absolute Gasteiger partial charge is 0.494 e. The number of nitrogens with one attached hydrogen (secondary N) is 1. The molecule has 1 unspecified atom stereocenters. The lowest BCUT2D eigenvalue weighted by Gasteiger charge is -2.25. The summed E-state index contributed by atoms with van der Waals surface area (Å²) >= 11 is 0. The highest BCUT2D eigenvalue weighted by Crippen LogP contribution is 2.16. The predicted molar refractivity (Wildman–Crippen MR) is 82.8 cm³/mol. The van der Waals surface area contributed by atoms with Crippen LogP contribution in [0.2, 0.25) is 0 Å². The Kier molecular flexibility index (Phi) is 6.54. The molecule has 20 heavy (non-hydrogen) atoms. The fourth-order valence-electron chi connectivity index (χ4n) is 2.27. The Morgan fingerprint density at radius 3 is 2.70 bits per heavy atom. The van der Waals surface area contributed by atoms with E-state index < -0.39 is 5.54 Å². The number of hydrogen-bond acceptors (Lipinski definition) is 3. The fraction of sp³-hybridized carbons (Fsp3) is 0.588. The van der Waals surface area contributed by atoms with Crippen molar-refractivity contribution in [2.24, 2.45) is 0 Å². The molecule has 0 aliphatic rings. The number of nitrogens with zero attached hydrogens (tertiary/aromatic N) is 1. The van der Waals surface area contributed by atoms with Crippen LogP contribution in [-0.4, -0.2) is 18.2 Å². The van der Waals surface area contributed by atoms with Gasteiger partial charge in [-0.1, -0.05) is 12.1 Å². The van der Waals surface area contributed by atoms with Gasteiger partial charge in [-0.3, -0.25) is 5.32 Å². The molecule has 3 heteroatoms. The molecule has 0 spiro atoms. The van der Waals surface area contributed by atoms with Crippen molar-refractivity contribution in [2.75, 3.05) is 6.61 Å². The van der Waals surface area contributed by atoms with Crippen LogP contribution in [0.1, 0.15) is 45.6 Å². The van der Waals surface area contributed by atoms with Gasteiger partial charge in [0.05, 0.1) is 12.7 Å². The third-order valence-corrected chi connectivity index (χ3v) is 3.18. The van der Waals surface area contributed by atoms with Crippen molar-refractivity contribution in [1.29, 1.82) is 5.26 Å². The van der Waals surface area contributed by atoms with Gasteiger partial charge in [0.1, 0.15) is 11.3 Å². The van der Waals surface area contributed by atoms with Crippen LogP contribution in [0.4, 0.5) is 0 Å². The average Bonchev–Trinajstić information content (AvgIpc) is 2.37. The van der Waals surface area contributed by atoms with Gasteiger partial charge >= 0.3 is 0 Å². The Balaban J connectivity index is 2.26. The van der Waals surface area contributed by atoms with Crippen LogP contribution in [0.15, 0.2) is 24.3 Å². The van der Waals surface area contributed by atoms with Gasteiger partial charge < -0.3 is 4.74 Å². The molecule has 1 atom stereocenters. The highest BCUT2D eigenvalue weighted by atomic mass is 16.5. The molecular formula is C17H26N2O. The molecule has 0 heterocycles. The van der Waals surface area contributed by atoms with E-state index in [2.05, 4.69) is 38.2 Å². The number of nitriles is 1. The Hall–Kier alpha value is -1.53. The van der Waals surface area contributed by atoms with Crippen LogP contribution in [-0.2, 0) is 0 Å². The van der Waals surface area contributed by atoms with Gasteiger partial charge in [0.25, 0.3) is 0 Å². The summed E-state index contributed by atoms with van der Waals surface area (Å²) in [7, 11) is 0. The van der Waals surface area contributed by atoms with E-state index in [9.17, 15) is 5.26 Å². The van der Waals surface area contributed by atoms with E-state index >= 15 is 0 Å². The second kappa shape index (κ2) is 7.91. The number of ether oxygens (including phenoxy) is 1. The van der Waals surface area contributed by atoms with Crippen LogP contribution < -0.4 is 10.1 Å². The van der Waals surface area contributed by atoms with Gasteiger partial charge in [-0.25, -0.2) is 0 Å². The molecule has 0 amide bonds. The lowest BCUT2D eigenvalue weighted by atomic mass is 9.96. The van der Waals surface area contributed by atoms with E-state index in [1.807, 2.05) is 25.1 Å². The first-order chi connectivity index (χ1) is 9.45. The summed E-state index contributed by atoms with van der Waals surface area (Å²) in [5.74, 6) is 0.924. The van der Waals surface area contributed by atoms with Crippen LogP contribution in [0.25, 0.3) is 0 Å². The lowest BCUT2D eigenvalue weighted by molar-refractivity contribution is 0.292. The zero-order valence-electron chi connectivity index (χ0n) is 13.1. The molecule has 0 saturated heterocycles. The molecule has 1 aromatic carbocycles. The third-order valence-electron chi connectivity index (χ3n) is 3.18. The van der Waals surface area contributed by atoms with Crippen molar-refractivity contribution in [1.82, 2.24) is 5.32 Å². The molecule has 1 N–H and O–H groups in total. The maximum absolute atomic E-state index is 9.26. The molecule has 0 bridgehead atoms. The summed E-state index contributed by atoms with van der Waals surface area (Å²) in [6, 6.07) is 10.8. The summed E-state index contributed by atoms with van der Waals surface area (Å²) in [5, 5.41) is 12.6. The smallest absolute Gasteiger partial charge is 0.119 e. The molecule has 0 saturated carbocycles. The predicted octanol–water partition coefficient (Wildman–Crippen LogP) is 3.82. The molecule has 0 aliphatic carbocycles. The van der Waals surface area contributed by atoms with Crippen molar-refractivity contribution in [3.05, 3.63) is 29.8 Å². The molecule has 0 radical (unpaired) electrons. The summed E-state index contributed by atoms with van der Waals surface area (Å²) in [6.45, 7) is 8.86. The number of rotatable bonds is 8. The third kappa shape index (κ3) is 6.08. The van der Waals surface area contributed by atoms with Crippen molar-refractivity contribution in [3.8, 4) is 11.8 Å². The standard InChI is InChI=1S/C17H26N2O/c1-14(2)19-17(4,13-18)10-5-6-11-20-16-9-7-8-15(3)12-16/h7-9,12,14,19H,5-6,10-11H2,1-4H3. The Morgan fingerprint density at radius 2 is 2.10 bits per heavy atom. The number of aryl methyl sites for hydroxylation is 1. The molecule has 0 fully saturated rings. The summed E-state index contributed by atoms with van der Waals surface area (Å²) in [4.78, 5) is 0. The molecule has 1 aromatic rings. The van der Waals surface area contributed by atoms with Crippen molar-refractivity contribution in [2.45, 2.75) is 58.5 Å². The highest BCUT2D eigenvalue weighted by molar-refractivity contribution is 5.27. The van der Waals surface area contributed by atoms with Gasteiger partial charge in [0.2, 0.25) is 0 Å². The molecule has 110 valence electrons. The second-order valence-electron chi connectivity index (χ2n) is 5.87. The van der Waals surface area contributed by atoms with Gasteiger partial charge in [0.15, 0.2) is 0 Å². The maximum Gasteiger partial charge on any atom is 0.119 e. The first-order valence-electron chi connectivity index (χ1n) is 7.33. The van der Waals surface area contributed by atoms with E-state index in [0.717, 1.165) is 25.0 Å². The lowest BCUT2D eigenvalue weighted by Crippen LogP contribution is -2.44. The minimum atomic E-state index is -0.433. The number of unbranched alkanes of at least 4 members (excludes halogenated alkanes) is 1. The van der Waals surface area contributed by atoms with E-state index in [4.69, 9.17) is 4.74 Å². The minimum absolute atomic E-state index is 0.322. The van der Waals surface area contributed by atoms with E-state index in [1.165, 1.54) is 5.56 Å². The highest BCUT2D eigenvalue weighted by Gasteiger charge is 2.23. The maximum atomic E-state index is 9.26. The molecule has 3 nitrogen and oxygen atoms in total. The molecule has 0 aromatic heterocycles. The Morgan fingerprint density at radius 1 is 1.35 bits per heavy atom. The summed E-state index contributed by atoms with van der Waals surface area (Å²) < 4.78 is 5.71. The molecule has 1 rings (SSSR count). The first kappa shape index (κ1) is 16.5. The van der Waals surface area contributed by atoms with Crippen LogP contribution in [0.5, 0.6) is 5.75 Å². The van der Waals surface area contributed by atoms with Crippen LogP contribution in [0, 0.1) is 18.3 Å². The Labute approximate surface area is 123 Å². The van der Waals surface area contributed by atoms with Crippen molar-refractivity contribution < 1.29 is 4.74 Å². The molecular weight excluding hydrogens is 248 g/mol. The van der Waals surface area contributed by atoms with Crippen LogP contribution in [0.3, 0.4) is 0 Å². The fourth-order valence-corrected chi connectivity index (χ4v) is 2.27. The van der Waals surface area contributed by atoms with E-state index in [1.54, 1.807) is 0 Å². The van der Waals surface area contributed by atoms with Gasteiger partial charge in [-0.05, 0) is 64.7 Å². The van der Waals surface area contributed by atoms with E-state index in [-0.39, 0.29) is 0 Å². The average molecular weight is 274 g/mol. The topological polar surface area (TPSA) is 45.0 Å². The number of benzene rings is 1. The SMILES string of the molecule is Cc1cccc(OCCCCC(C)(C#N)NC(C)C)c1. The summed E-state index contributed by atoms with van der Waals surface area (Å²) in [6.07, 6.45) is 2.79. The van der Waals surface area contributed by atoms with Crippen molar-refractivity contribution in [3.63, 3.8) is 0 Å².